The number of thioether (sulfide) groups is 1. The number of rotatable bonds is 6. The first kappa shape index (κ1) is 18.3. The van der Waals surface area contributed by atoms with Crippen LogP contribution in [0.4, 0.5) is 0 Å². The highest BCUT2D eigenvalue weighted by Crippen LogP contribution is 2.35. The first-order chi connectivity index (χ1) is 13.3. The van der Waals surface area contributed by atoms with Crippen LogP contribution in [0.3, 0.4) is 0 Å². The Kier molecular flexibility index (Phi) is 5.59. The highest BCUT2D eigenvalue weighted by atomic mass is 32.2. The Hall–Kier alpha value is -2.12. The minimum atomic E-state index is 0.183. The molecule has 1 aliphatic heterocycles. The first-order valence-electron chi connectivity index (χ1n) is 9.22. The third-order valence-electron chi connectivity index (χ3n) is 4.83. The number of aromatic nitrogens is 3. The van der Waals surface area contributed by atoms with E-state index in [0.717, 1.165) is 42.5 Å². The molecule has 1 saturated heterocycles. The van der Waals surface area contributed by atoms with Crippen LogP contribution in [0.5, 0.6) is 0 Å². The van der Waals surface area contributed by atoms with Gasteiger partial charge >= 0.3 is 0 Å². The predicted octanol–water partition coefficient (Wildman–Crippen LogP) is 4.48. The normalized spacial score (nSPS) is 16.8. The molecule has 0 aliphatic carbocycles. The Morgan fingerprint density at radius 1 is 1.22 bits per heavy atom. The molecule has 7 heteroatoms. The number of benzene rings is 1. The fraction of sp³-hybridized carbons (Fsp3) is 0.350. The molecule has 140 valence electrons. The van der Waals surface area contributed by atoms with E-state index in [1.165, 1.54) is 16.6 Å². The Morgan fingerprint density at radius 2 is 2.07 bits per heavy atom. The molecule has 0 saturated carbocycles. The topological polar surface area (TPSA) is 51.0 Å². The van der Waals surface area contributed by atoms with Gasteiger partial charge in [-0.15, -0.1) is 21.5 Å². The van der Waals surface area contributed by atoms with Crippen molar-refractivity contribution in [2.24, 2.45) is 0 Å². The summed E-state index contributed by atoms with van der Waals surface area (Å²) in [6.45, 7) is 3.70. The predicted molar refractivity (Wildman–Crippen MR) is 110 cm³/mol. The van der Waals surface area contributed by atoms with Crippen molar-refractivity contribution in [2.45, 2.75) is 37.5 Å². The molecule has 1 atom stereocenters. The number of hydrogen-bond acceptors (Lipinski definition) is 5. The first-order valence-corrected chi connectivity index (χ1v) is 11.1. The number of hydrogen-bond donors (Lipinski definition) is 0. The largest absolute Gasteiger partial charge is 0.334 e. The van der Waals surface area contributed by atoms with Crippen LogP contribution in [-0.4, -0.2) is 37.9 Å². The summed E-state index contributed by atoms with van der Waals surface area (Å²) in [7, 11) is 0. The number of carbonyl (C=O) groups excluding carboxylic acids is 1. The standard InChI is InChI=1S/C20H22N4OS2/c1-2-23-19(15-8-4-3-5-9-15)21-22-20(23)27-14-18(25)24-12-6-10-16(24)17-11-7-13-26-17/h3-5,7-9,11,13,16H,2,6,10,12,14H2,1H3/t16-/m0/s1. The van der Waals surface area contributed by atoms with Gasteiger partial charge in [-0.3, -0.25) is 4.79 Å². The molecule has 3 heterocycles. The average molecular weight is 399 g/mol. The second kappa shape index (κ2) is 8.27. The molecule has 0 bridgehead atoms. The zero-order valence-electron chi connectivity index (χ0n) is 15.2. The lowest BCUT2D eigenvalue weighted by atomic mass is 10.2. The van der Waals surface area contributed by atoms with Crippen LogP contribution in [0.2, 0.25) is 0 Å². The summed E-state index contributed by atoms with van der Waals surface area (Å²) in [4.78, 5) is 16.2. The number of amides is 1. The monoisotopic (exact) mass is 398 g/mol. The van der Waals surface area contributed by atoms with Crippen molar-refractivity contribution in [1.82, 2.24) is 19.7 Å². The van der Waals surface area contributed by atoms with Gasteiger partial charge in [0.1, 0.15) is 0 Å². The van der Waals surface area contributed by atoms with Crippen molar-refractivity contribution in [2.75, 3.05) is 12.3 Å². The Bertz CT molecular complexity index is 892. The van der Waals surface area contributed by atoms with Crippen molar-refractivity contribution in [1.29, 1.82) is 0 Å². The van der Waals surface area contributed by atoms with Crippen LogP contribution in [0.1, 0.15) is 30.7 Å². The van der Waals surface area contributed by atoms with Gasteiger partial charge < -0.3 is 9.47 Å². The van der Waals surface area contributed by atoms with Gasteiger partial charge in [-0.25, -0.2) is 0 Å². The summed E-state index contributed by atoms with van der Waals surface area (Å²) in [6, 6.07) is 14.5. The van der Waals surface area contributed by atoms with E-state index in [4.69, 9.17) is 0 Å². The van der Waals surface area contributed by atoms with E-state index in [-0.39, 0.29) is 11.9 Å². The van der Waals surface area contributed by atoms with E-state index < -0.39 is 0 Å². The number of carbonyl (C=O) groups is 1. The maximum Gasteiger partial charge on any atom is 0.233 e. The van der Waals surface area contributed by atoms with Gasteiger partial charge in [0.15, 0.2) is 11.0 Å². The summed E-state index contributed by atoms with van der Waals surface area (Å²) >= 11 is 3.22. The van der Waals surface area contributed by atoms with E-state index >= 15 is 0 Å². The smallest absolute Gasteiger partial charge is 0.233 e. The van der Waals surface area contributed by atoms with Crippen LogP contribution in [0, 0.1) is 0 Å². The van der Waals surface area contributed by atoms with E-state index in [0.29, 0.717) is 5.75 Å². The lowest BCUT2D eigenvalue weighted by molar-refractivity contribution is -0.129. The van der Waals surface area contributed by atoms with Crippen LogP contribution in [-0.2, 0) is 11.3 Å². The maximum atomic E-state index is 12.9. The maximum absolute atomic E-state index is 12.9. The molecular weight excluding hydrogens is 376 g/mol. The van der Waals surface area contributed by atoms with E-state index in [1.54, 1.807) is 11.3 Å². The van der Waals surface area contributed by atoms with Crippen molar-refractivity contribution >= 4 is 29.0 Å². The molecular formula is C20H22N4OS2. The van der Waals surface area contributed by atoms with Gasteiger partial charge in [0, 0.05) is 23.5 Å². The lowest BCUT2D eigenvalue weighted by Crippen LogP contribution is -2.31. The van der Waals surface area contributed by atoms with E-state index in [1.807, 2.05) is 35.2 Å². The number of likely N-dealkylation sites (tertiary alicyclic amines) is 1. The summed E-state index contributed by atoms with van der Waals surface area (Å²) in [5.74, 6) is 1.43. The summed E-state index contributed by atoms with van der Waals surface area (Å²) < 4.78 is 2.08. The molecule has 27 heavy (non-hydrogen) atoms. The second-order valence-corrected chi connectivity index (χ2v) is 8.39. The van der Waals surface area contributed by atoms with Crippen molar-refractivity contribution in [3.63, 3.8) is 0 Å². The van der Waals surface area contributed by atoms with Gasteiger partial charge in [-0.2, -0.15) is 0 Å². The molecule has 1 fully saturated rings. The molecule has 1 amide bonds. The van der Waals surface area contributed by atoms with Crippen LogP contribution in [0.25, 0.3) is 11.4 Å². The van der Waals surface area contributed by atoms with Crippen LogP contribution < -0.4 is 0 Å². The lowest BCUT2D eigenvalue weighted by Gasteiger charge is -2.23. The second-order valence-electron chi connectivity index (χ2n) is 6.47. The number of thiophene rings is 1. The van der Waals surface area contributed by atoms with Crippen LogP contribution in [0.15, 0.2) is 53.0 Å². The highest BCUT2D eigenvalue weighted by molar-refractivity contribution is 7.99. The Morgan fingerprint density at radius 3 is 2.81 bits per heavy atom. The molecule has 4 rings (SSSR count). The SMILES string of the molecule is CCn1c(SCC(=O)N2CCC[C@H]2c2cccs2)nnc1-c1ccccc1. The molecule has 0 N–H and O–H groups in total. The molecule has 2 aromatic heterocycles. The third kappa shape index (κ3) is 3.80. The molecule has 0 unspecified atom stereocenters. The molecule has 5 nitrogen and oxygen atoms in total. The average Bonchev–Trinajstić information content (AvgIpc) is 3.46. The van der Waals surface area contributed by atoms with Gasteiger partial charge in [-0.1, -0.05) is 48.2 Å². The van der Waals surface area contributed by atoms with Gasteiger partial charge in [-0.05, 0) is 31.2 Å². The van der Waals surface area contributed by atoms with Crippen molar-refractivity contribution in [3.8, 4) is 11.4 Å². The molecule has 0 radical (unpaired) electrons. The van der Waals surface area contributed by atoms with Crippen molar-refractivity contribution < 1.29 is 4.79 Å². The zero-order valence-corrected chi connectivity index (χ0v) is 16.9. The minimum absolute atomic E-state index is 0.183. The molecule has 0 spiro atoms. The Labute approximate surface area is 167 Å². The van der Waals surface area contributed by atoms with Gasteiger partial charge in [0.05, 0.1) is 11.8 Å². The van der Waals surface area contributed by atoms with Crippen molar-refractivity contribution in [3.05, 3.63) is 52.7 Å². The highest BCUT2D eigenvalue weighted by Gasteiger charge is 2.30. The fourth-order valence-electron chi connectivity index (χ4n) is 3.53. The van der Waals surface area contributed by atoms with E-state index in [2.05, 4.69) is 39.2 Å². The van der Waals surface area contributed by atoms with Gasteiger partial charge in [0.25, 0.3) is 0 Å². The van der Waals surface area contributed by atoms with Gasteiger partial charge in [0.2, 0.25) is 5.91 Å². The third-order valence-corrected chi connectivity index (χ3v) is 6.76. The Balaban J connectivity index is 1.46. The molecule has 3 aromatic rings. The zero-order chi connectivity index (χ0) is 18.6. The number of nitrogens with zero attached hydrogens (tertiary/aromatic N) is 4. The molecule has 1 aliphatic rings. The fourth-order valence-corrected chi connectivity index (χ4v) is 5.29. The van der Waals surface area contributed by atoms with E-state index in [9.17, 15) is 4.79 Å². The summed E-state index contributed by atoms with van der Waals surface area (Å²) in [5.41, 5.74) is 1.04. The minimum Gasteiger partial charge on any atom is -0.334 e. The molecule has 1 aromatic carbocycles. The summed E-state index contributed by atoms with van der Waals surface area (Å²) in [5, 5.41) is 11.6. The quantitative estimate of drug-likeness (QED) is 0.575. The van der Waals surface area contributed by atoms with Crippen LogP contribution >= 0.6 is 23.1 Å². The summed E-state index contributed by atoms with van der Waals surface area (Å²) in [6.07, 6.45) is 2.13.